The molecule has 0 aliphatic carbocycles. The van der Waals surface area contributed by atoms with Crippen LogP contribution < -0.4 is 0 Å². The SMILES string of the molecule is Cc1c2ccc(F)cc2c(C)c2c1ccc1ccccc12. The zero-order valence-corrected chi connectivity index (χ0v) is 12.1. The van der Waals surface area contributed by atoms with Gasteiger partial charge < -0.3 is 0 Å². The van der Waals surface area contributed by atoms with Crippen molar-refractivity contribution in [2.75, 3.05) is 0 Å². The second-order valence-corrected chi connectivity index (χ2v) is 5.65. The molecule has 0 bridgehead atoms. The number of aryl methyl sites for hydroxylation is 2. The maximum absolute atomic E-state index is 13.7. The van der Waals surface area contributed by atoms with E-state index in [2.05, 4.69) is 50.2 Å². The fourth-order valence-corrected chi connectivity index (χ4v) is 3.42. The molecule has 0 atom stereocenters. The van der Waals surface area contributed by atoms with E-state index in [0.29, 0.717) is 0 Å². The normalized spacial score (nSPS) is 11.6. The lowest BCUT2D eigenvalue weighted by atomic mass is 9.90. The van der Waals surface area contributed by atoms with Gasteiger partial charge in [0.1, 0.15) is 5.82 Å². The fraction of sp³-hybridized carbons (Fsp3) is 0.100. The largest absolute Gasteiger partial charge is 0.207 e. The highest BCUT2D eigenvalue weighted by Gasteiger charge is 2.11. The van der Waals surface area contributed by atoms with E-state index in [-0.39, 0.29) is 5.82 Å². The molecule has 1 heteroatoms. The minimum absolute atomic E-state index is 0.176. The zero-order chi connectivity index (χ0) is 14.6. The lowest BCUT2D eigenvalue weighted by Crippen LogP contribution is -1.90. The molecule has 0 aliphatic heterocycles. The number of halogens is 1. The molecular formula is C20H15F. The first kappa shape index (κ1) is 12.3. The van der Waals surface area contributed by atoms with Crippen LogP contribution >= 0.6 is 0 Å². The van der Waals surface area contributed by atoms with E-state index in [0.717, 1.165) is 16.3 Å². The number of rotatable bonds is 0. The van der Waals surface area contributed by atoms with Crippen LogP contribution in [-0.2, 0) is 0 Å². The summed E-state index contributed by atoms with van der Waals surface area (Å²) in [5, 5.41) is 7.10. The average molecular weight is 274 g/mol. The van der Waals surface area contributed by atoms with Crippen molar-refractivity contribution >= 4 is 32.3 Å². The predicted molar refractivity (Wildman–Crippen MR) is 88.4 cm³/mol. The van der Waals surface area contributed by atoms with E-state index >= 15 is 0 Å². The first-order valence-corrected chi connectivity index (χ1v) is 7.17. The fourth-order valence-electron chi connectivity index (χ4n) is 3.42. The molecule has 0 spiro atoms. The Bertz CT molecular complexity index is 1010. The van der Waals surface area contributed by atoms with Gasteiger partial charge in [0.2, 0.25) is 0 Å². The number of fused-ring (bicyclic) bond motifs is 4. The van der Waals surface area contributed by atoms with Gasteiger partial charge in [0.05, 0.1) is 0 Å². The molecule has 0 unspecified atom stereocenters. The first-order chi connectivity index (χ1) is 10.2. The number of hydrogen-bond acceptors (Lipinski definition) is 0. The van der Waals surface area contributed by atoms with Crippen molar-refractivity contribution in [2.45, 2.75) is 13.8 Å². The van der Waals surface area contributed by atoms with E-state index in [4.69, 9.17) is 0 Å². The molecule has 0 aromatic heterocycles. The highest BCUT2D eigenvalue weighted by Crippen LogP contribution is 2.36. The third-order valence-corrected chi connectivity index (χ3v) is 4.50. The van der Waals surface area contributed by atoms with Crippen LogP contribution in [0.25, 0.3) is 32.3 Å². The highest BCUT2D eigenvalue weighted by molar-refractivity contribution is 6.16. The lowest BCUT2D eigenvalue weighted by molar-refractivity contribution is 0.629. The van der Waals surface area contributed by atoms with Crippen molar-refractivity contribution < 1.29 is 4.39 Å². The summed E-state index contributed by atoms with van der Waals surface area (Å²) >= 11 is 0. The van der Waals surface area contributed by atoms with Gasteiger partial charge in [-0.15, -0.1) is 0 Å². The highest BCUT2D eigenvalue weighted by atomic mass is 19.1. The second kappa shape index (κ2) is 4.29. The number of benzene rings is 4. The van der Waals surface area contributed by atoms with Crippen LogP contribution in [0.1, 0.15) is 11.1 Å². The van der Waals surface area contributed by atoms with Crippen LogP contribution in [0.15, 0.2) is 54.6 Å². The van der Waals surface area contributed by atoms with Gasteiger partial charge in [0.25, 0.3) is 0 Å². The molecule has 4 aromatic rings. The molecule has 4 rings (SSSR count). The van der Waals surface area contributed by atoms with E-state index in [1.54, 1.807) is 12.1 Å². The molecule has 0 aliphatic rings. The Morgan fingerprint density at radius 3 is 2.29 bits per heavy atom. The molecule has 21 heavy (non-hydrogen) atoms. The van der Waals surface area contributed by atoms with Crippen LogP contribution in [0.3, 0.4) is 0 Å². The summed E-state index contributed by atoms with van der Waals surface area (Å²) in [4.78, 5) is 0. The molecule has 0 saturated heterocycles. The summed E-state index contributed by atoms with van der Waals surface area (Å²) in [5.41, 5.74) is 2.37. The number of hydrogen-bond donors (Lipinski definition) is 0. The monoisotopic (exact) mass is 274 g/mol. The van der Waals surface area contributed by atoms with Gasteiger partial charge in [-0.2, -0.15) is 0 Å². The van der Waals surface area contributed by atoms with Gasteiger partial charge in [0.15, 0.2) is 0 Å². The third kappa shape index (κ3) is 1.67. The quantitative estimate of drug-likeness (QED) is 0.276. The minimum atomic E-state index is -0.176. The Morgan fingerprint density at radius 2 is 1.43 bits per heavy atom. The minimum Gasteiger partial charge on any atom is -0.207 e. The van der Waals surface area contributed by atoms with E-state index < -0.39 is 0 Å². The predicted octanol–water partition coefficient (Wildman–Crippen LogP) is 5.90. The van der Waals surface area contributed by atoms with E-state index in [1.165, 1.54) is 27.1 Å². The summed E-state index contributed by atoms with van der Waals surface area (Å²) in [6.45, 7) is 4.22. The van der Waals surface area contributed by atoms with E-state index in [9.17, 15) is 4.39 Å². The molecule has 0 nitrogen and oxygen atoms in total. The maximum atomic E-state index is 13.7. The molecular weight excluding hydrogens is 259 g/mol. The summed E-state index contributed by atoms with van der Waals surface area (Å²) in [5.74, 6) is -0.176. The zero-order valence-electron chi connectivity index (χ0n) is 12.1. The molecule has 0 N–H and O–H groups in total. The van der Waals surface area contributed by atoms with Gasteiger partial charge in [-0.1, -0.05) is 42.5 Å². The van der Waals surface area contributed by atoms with Gasteiger partial charge in [0, 0.05) is 0 Å². The second-order valence-electron chi connectivity index (χ2n) is 5.65. The first-order valence-electron chi connectivity index (χ1n) is 7.17. The van der Waals surface area contributed by atoms with Crippen LogP contribution in [-0.4, -0.2) is 0 Å². The topological polar surface area (TPSA) is 0 Å². The molecule has 102 valence electrons. The van der Waals surface area contributed by atoms with Crippen LogP contribution in [0.2, 0.25) is 0 Å². The summed E-state index contributed by atoms with van der Waals surface area (Å²) in [6.07, 6.45) is 0. The van der Waals surface area contributed by atoms with Gasteiger partial charge in [-0.25, -0.2) is 4.39 Å². The van der Waals surface area contributed by atoms with E-state index in [1.807, 2.05) is 6.07 Å². The lowest BCUT2D eigenvalue weighted by Gasteiger charge is -2.14. The van der Waals surface area contributed by atoms with Crippen molar-refractivity contribution in [3.8, 4) is 0 Å². The van der Waals surface area contributed by atoms with Gasteiger partial charge in [-0.05, 0) is 69.4 Å². The standard InChI is InChI=1S/C20H15F/c1-12-16-10-8-15(21)11-19(16)13(2)20-17(12)9-7-14-5-3-4-6-18(14)20/h3-11H,1-2H3. The molecule has 4 aromatic carbocycles. The smallest absolute Gasteiger partial charge is 0.123 e. The Kier molecular flexibility index (Phi) is 2.52. The van der Waals surface area contributed by atoms with Crippen molar-refractivity contribution in [1.29, 1.82) is 0 Å². The third-order valence-electron chi connectivity index (χ3n) is 4.50. The molecule has 0 amide bonds. The van der Waals surface area contributed by atoms with Crippen molar-refractivity contribution in [1.82, 2.24) is 0 Å². The average Bonchev–Trinajstić information content (AvgIpc) is 2.51. The van der Waals surface area contributed by atoms with Crippen molar-refractivity contribution in [2.24, 2.45) is 0 Å². The Balaban J connectivity index is 2.36. The van der Waals surface area contributed by atoms with Gasteiger partial charge >= 0.3 is 0 Å². The van der Waals surface area contributed by atoms with Crippen LogP contribution in [0.5, 0.6) is 0 Å². The molecule has 0 saturated carbocycles. The van der Waals surface area contributed by atoms with Crippen molar-refractivity contribution in [3.63, 3.8) is 0 Å². The molecule has 0 radical (unpaired) electrons. The van der Waals surface area contributed by atoms with Crippen molar-refractivity contribution in [3.05, 3.63) is 71.5 Å². The summed E-state index contributed by atoms with van der Waals surface area (Å²) in [7, 11) is 0. The Labute approximate surface area is 122 Å². The summed E-state index contributed by atoms with van der Waals surface area (Å²) in [6, 6.07) is 17.8. The Hall–Kier alpha value is -2.41. The molecule has 0 fully saturated rings. The van der Waals surface area contributed by atoms with Gasteiger partial charge in [-0.3, -0.25) is 0 Å². The van der Waals surface area contributed by atoms with Crippen LogP contribution in [0, 0.1) is 19.7 Å². The maximum Gasteiger partial charge on any atom is 0.123 e. The molecule has 0 heterocycles. The summed E-state index contributed by atoms with van der Waals surface area (Å²) < 4.78 is 13.7. The Morgan fingerprint density at radius 1 is 0.667 bits per heavy atom. The van der Waals surface area contributed by atoms with Crippen LogP contribution in [0.4, 0.5) is 4.39 Å².